The molecule has 0 spiro atoms. The Bertz CT molecular complexity index is 641. The van der Waals surface area contributed by atoms with Gasteiger partial charge in [0.05, 0.1) is 11.9 Å². The molecule has 0 aliphatic heterocycles. The summed E-state index contributed by atoms with van der Waals surface area (Å²) in [6.07, 6.45) is 1.54. The van der Waals surface area contributed by atoms with E-state index in [4.69, 9.17) is 0 Å². The minimum atomic E-state index is -3.57. The highest BCUT2D eigenvalue weighted by atomic mass is 32.2. The maximum atomic E-state index is 12.6. The molecule has 0 heterocycles. The third-order valence-corrected chi connectivity index (χ3v) is 5.14. The van der Waals surface area contributed by atoms with Gasteiger partial charge in [0.2, 0.25) is 15.9 Å². The van der Waals surface area contributed by atoms with Crippen molar-refractivity contribution in [2.45, 2.75) is 53.1 Å². The van der Waals surface area contributed by atoms with Crippen LogP contribution in [0.5, 0.6) is 0 Å². The number of rotatable bonds is 7. The van der Waals surface area contributed by atoms with Crippen LogP contribution < -0.4 is 9.62 Å². The van der Waals surface area contributed by atoms with Crippen LogP contribution in [0.4, 0.5) is 5.69 Å². The maximum absolute atomic E-state index is 12.6. The molecule has 23 heavy (non-hydrogen) atoms. The van der Waals surface area contributed by atoms with E-state index in [2.05, 4.69) is 5.32 Å². The lowest BCUT2D eigenvalue weighted by Crippen LogP contribution is -2.52. The monoisotopic (exact) mass is 340 g/mol. The predicted octanol–water partition coefficient (Wildman–Crippen LogP) is 2.70. The molecular weight excluding hydrogens is 312 g/mol. The van der Waals surface area contributed by atoms with E-state index in [-0.39, 0.29) is 17.9 Å². The van der Waals surface area contributed by atoms with Crippen molar-refractivity contribution >= 4 is 21.6 Å². The fourth-order valence-corrected chi connectivity index (χ4v) is 3.52. The molecule has 5 nitrogen and oxygen atoms in total. The Balaban J connectivity index is 3.21. The number of nitrogens with zero attached hydrogens (tertiary/aromatic N) is 1. The number of carbonyl (C=O) groups excluding carboxylic acids is 1. The van der Waals surface area contributed by atoms with Crippen LogP contribution in [0.25, 0.3) is 0 Å². The summed E-state index contributed by atoms with van der Waals surface area (Å²) in [4.78, 5) is 12.6. The van der Waals surface area contributed by atoms with E-state index in [0.717, 1.165) is 11.8 Å². The summed E-state index contributed by atoms with van der Waals surface area (Å²) in [5, 5.41) is 2.92. The molecule has 1 amide bonds. The Kier molecular flexibility index (Phi) is 6.62. The molecule has 0 aliphatic rings. The van der Waals surface area contributed by atoms with Crippen molar-refractivity contribution in [3.8, 4) is 0 Å². The molecule has 1 rings (SSSR count). The number of carbonyl (C=O) groups is 1. The van der Waals surface area contributed by atoms with Crippen LogP contribution in [0.1, 0.15) is 39.7 Å². The summed E-state index contributed by atoms with van der Waals surface area (Å²) in [6.45, 7) is 9.67. The van der Waals surface area contributed by atoms with E-state index in [1.54, 1.807) is 18.2 Å². The van der Waals surface area contributed by atoms with E-state index in [1.165, 1.54) is 4.31 Å². The molecule has 0 aliphatic carbocycles. The number of anilines is 1. The molecule has 0 bridgehead atoms. The van der Waals surface area contributed by atoms with Crippen LogP contribution in [-0.2, 0) is 14.8 Å². The van der Waals surface area contributed by atoms with Crippen molar-refractivity contribution in [3.63, 3.8) is 0 Å². The van der Waals surface area contributed by atoms with Gasteiger partial charge in [-0.1, -0.05) is 32.9 Å². The summed E-state index contributed by atoms with van der Waals surface area (Å²) < 4.78 is 25.9. The second kappa shape index (κ2) is 7.81. The smallest absolute Gasteiger partial charge is 0.244 e. The topological polar surface area (TPSA) is 66.5 Å². The Labute approximate surface area is 140 Å². The molecule has 2 unspecified atom stereocenters. The Hall–Kier alpha value is -1.56. The number of hydrogen-bond acceptors (Lipinski definition) is 3. The van der Waals surface area contributed by atoms with Gasteiger partial charge in [0, 0.05) is 6.04 Å². The lowest BCUT2D eigenvalue weighted by molar-refractivity contribution is -0.123. The average molecular weight is 340 g/mol. The summed E-state index contributed by atoms with van der Waals surface area (Å²) in [5.41, 5.74) is 1.47. The molecule has 0 saturated heterocycles. The first kappa shape index (κ1) is 19.5. The van der Waals surface area contributed by atoms with Gasteiger partial charge in [-0.25, -0.2) is 8.42 Å². The second-order valence-corrected chi connectivity index (χ2v) is 8.22. The normalized spacial score (nSPS) is 14.4. The number of aryl methyl sites for hydroxylation is 1. The SMILES string of the molecule is CCC(C(=O)NC(C)C(C)C)N(c1cccc(C)c1)S(C)(=O)=O. The van der Waals surface area contributed by atoms with Gasteiger partial charge in [-0.2, -0.15) is 0 Å². The fourth-order valence-electron chi connectivity index (χ4n) is 2.31. The van der Waals surface area contributed by atoms with Crippen molar-refractivity contribution in [3.05, 3.63) is 29.8 Å². The molecule has 1 aromatic carbocycles. The van der Waals surface area contributed by atoms with Crippen molar-refractivity contribution < 1.29 is 13.2 Å². The summed E-state index contributed by atoms with van der Waals surface area (Å²) in [7, 11) is -3.57. The first-order valence-corrected chi connectivity index (χ1v) is 9.79. The van der Waals surface area contributed by atoms with E-state index >= 15 is 0 Å². The van der Waals surface area contributed by atoms with Crippen LogP contribution in [0.3, 0.4) is 0 Å². The van der Waals surface area contributed by atoms with Crippen molar-refractivity contribution in [1.82, 2.24) is 5.32 Å². The van der Waals surface area contributed by atoms with Crippen molar-refractivity contribution in [2.24, 2.45) is 5.92 Å². The van der Waals surface area contributed by atoms with E-state index < -0.39 is 16.1 Å². The first-order valence-electron chi connectivity index (χ1n) is 7.94. The Morgan fingerprint density at radius 3 is 2.30 bits per heavy atom. The summed E-state index contributed by atoms with van der Waals surface area (Å²) in [5.74, 6) is 0.0164. The quantitative estimate of drug-likeness (QED) is 0.830. The minimum Gasteiger partial charge on any atom is -0.352 e. The van der Waals surface area contributed by atoms with Crippen LogP contribution in [0, 0.1) is 12.8 Å². The number of hydrogen-bond donors (Lipinski definition) is 1. The molecule has 1 N–H and O–H groups in total. The zero-order valence-corrected chi connectivity index (χ0v) is 15.6. The van der Waals surface area contributed by atoms with Crippen LogP contribution >= 0.6 is 0 Å². The lowest BCUT2D eigenvalue weighted by Gasteiger charge is -2.31. The Morgan fingerprint density at radius 2 is 1.87 bits per heavy atom. The molecule has 0 radical (unpaired) electrons. The van der Waals surface area contributed by atoms with Gasteiger partial charge in [-0.15, -0.1) is 0 Å². The van der Waals surface area contributed by atoms with Gasteiger partial charge < -0.3 is 5.32 Å². The standard InChI is InChI=1S/C17H28N2O3S/c1-7-16(17(20)18-14(5)12(2)3)19(23(6,21)22)15-10-8-9-13(4)11-15/h8-12,14,16H,7H2,1-6H3,(H,18,20). The molecule has 0 saturated carbocycles. The molecule has 0 aromatic heterocycles. The average Bonchev–Trinajstić information content (AvgIpc) is 2.42. The summed E-state index contributed by atoms with van der Waals surface area (Å²) in [6, 6.07) is 6.41. The van der Waals surface area contributed by atoms with Crippen LogP contribution in [0.15, 0.2) is 24.3 Å². The number of nitrogens with one attached hydrogen (secondary N) is 1. The van der Waals surface area contributed by atoms with Gasteiger partial charge in [-0.05, 0) is 43.9 Å². The minimum absolute atomic E-state index is 0.0181. The fraction of sp³-hybridized carbons (Fsp3) is 0.588. The zero-order chi connectivity index (χ0) is 17.8. The van der Waals surface area contributed by atoms with Gasteiger partial charge in [0.25, 0.3) is 0 Å². The predicted molar refractivity (Wildman–Crippen MR) is 95.0 cm³/mol. The zero-order valence-electron chi connectivity index (χ0n) is 14.8. The van der Waals surface area contributed by atoms with E-state index in [0.29, 0.717) is 12.1 Å². The second-order valence-electron chi connectivity index (χ2n) is 6.36. The molecule has 130 valence electrons. The maximum Gasteiger partial charge on any atom is 0.244 e. The molecule has 6 heteroatoms. The van der Waals surface area contributed by atoms with Gasteiger partial charge >= 0.3 is 0 Å². The molecule has 1 aromatic rings. The first-order chi connectivity index (χ1) is 10.6. The molecular formula is C17H28N2O3S. The summed E-state index contributed by atoms with van der Waals surface area (Å²) >= 11 is 0. The van der Waals surface area contributed by atoms with Crippen molar-refractivity contribution in [1.29, 1.82) is 0 Å². The lowest BCUT2D eigenvalue weighted by atomic mass is 10.1. The van der Waals surface area contributed by atoms with E-state index in [9.17, 15) is 13.2 Å². The van der Waals surface area contributed by atoms with Crippen LogP contribution in [0.2, 0.25) is 0 Å². The number of amides is 1. The molecule has 0 fully saturated rings. The highest BCUT2D eigenvalue weighted by molar-refractivity contribution is 7.92. The van der Waals surface area contributed by atoms with Gasteiger partial charge in [0.15, 0.2) is 0 Å². The Morgan fingerprint density at radius 1 is 1.26 bits per heavy atom. The van der Waals surface area contributed by atoms with Gasteiger partial charge in [0.1, 0.15) is 6.04 Å². The highest BCUT2D eigenvalue weighted by Gasteiger charge is 2.32. The van der Waals surface area contributed by atoms with Gasteiger partial charge in [-0.3, -0.25) is 9.10 Å². The third kappa shape index (κ3) is 5.23. The van der Waals surface area contributed by atoms with E-state index in [1.807, 2.05) is 40.7 Å². The van der Waals surface area contributed by atoms with Crippen molar-refractivity contribution in [2.75, 3.05) is 10.6 Å². The van der Waals surface area contributed by atoms with Crippen LogP contribution in [-0.4, -0.2) is 32.7 Å². The number of benzene rings is 1. The highest BCUT2D eigenvalue weighted by Crippen LogP contribution is 2.23. The largest absolute Gasteiger partial charge is 0.352 e. The third-order valence-electron chi connectivity index (χ3n) is 3.96. The number of sulfonamides is 1. The molecule has 2 atom stereocenters.